The van der Waals surface area contributed by atoms with Gasteiger partial charge >= 0.3 is 0 Å². The molecule has 0 aliphatic heterocycles. The lowest BCUT2D eigenvalue weighted by Gasteiger charge is -2.07. The van der Waals surface area contributed by atoms with Gasteiger partial charge in [-0.05, 0) is 18.1 Å². The monoisotopic (exact) mass is 150 g/mol. The number of nitrogens with one attached hydrogen (secondary N) is 1. The molecule has 0 bridgehead atoms. The second-order valence-corrected chi connectivity index (χ2v) is 3.04. The number of nitrogens with zero attached hydrogens (tertiary/aromatic N) is 1. The number of hydrogen-bond donors (Lipinski definition) is 1. The average molecular weight is 150 g/mol. The summed E-state index contributed by atoms with van der Waals surface area (Å²) in [6.07, 6.45) is 3.97. The molecule has 1 N–H and O–H groups in total. The summed E-state index contributed by atoms with van der Waals surface area (Å²) in [4.78, 5) is 0. The Morgan fingerprint density at radius 3 is 2.36 bits per heavy atom. The van der Waals surface area contributed by atoms with Crippen molar-refractivity contribution in [1.82, 2.24) is 4.57 Å². The molecule has 1 heterocycles. The van der Waals surface area contributed by atoms with Crippen LogP contribution in [-0.4, -0.2) is 10.3 Å². The van der Waals surface area contributed by atoms with Gasteiger partial charge in [0, 0.05) is 18.1 Å². The first-order valence-electron chi connectivity index (χ1n) is 3.88. The van der Waals surface area contributed by atoms with E-state index in [1.54, 1.807) is 0 Å². The van der Waals surface area contributed by atoms with Crippen LogP contribution in [0.3, 0.4) is 0 Å². The van der Waals surface area contributed by atoms with Crippen LogP contribution in [0.25, 0.3) is 0 Å². The van der Waals surface area contributed by atoms with Crippen LogP contribution in [-0.2, 0) is 6.54 Å². The number of aromatic nitrogens is 1. The van der Waals surface area contributed by atoms with Crippen molar-refractivity contribution < 1.29 is 0 Å². The van der Waals surface area contributed by atoms with Crippen LogP contribution >= 0.6 is 0 Å². The molecule has 0 aliphatic carbocycles. The molecule has 11 heavy (non-hydrogen) atoms. The van der Waals surface area contributed by atoms with Gasteiger partial charge in [0.05, 0.1) is 6.54 Å². The molecule has 0 atom stereocenters. The fourth-order valence-corrected chi connectivity index (χ4v) is 0.855. The SMILES string of the molecule is CC(C)C(=N)Cn1cccc1. The molecule has 0 amide bonds. The summed E-state index contributed by atoms with van der Waals surface area (Å²) in [6, 6.07) is 3.96. The summed E-state index contributed by atoms with van der Waals surface area (Å²) in [5.41, 5.74) is 0.779. The van der Waals surface area contributed by atoms with Crippen LogP contribution in [0.2, 0.25) is 0 Å². The maximum absolute atomic E-state index is 7.60. The predicted molar refractivity (Wildman–Crippen MR) is 47.0 cm³/mol. The van der Waals surface area contributed by atoms with E-state index in [9.17, 15) is 0 Å². The highest BCUT2D eigenvalue weighted by molar-refractivity contribution is 5.82. The first-order valence-corrected chi connectivity index (χ1v) is 3.88. The normalized spacial score (nSPS) is 10.5. The van der Waals surface area contributed by atoms with E-state index >= 15 is 0 Å². The molecule has 0 aliphatic rings. The van der Waals surface area contributed by atoms with Crippen LogP contribution < -0.4 is 0 Å². The molecule has 2 heteroatoms. The highest BCUT2D eigenvalue weighted by atomic mass is 14.9. The standard InChI is InChI=1S/C9H14N2/c1-8(2)9(10)7-11-5-3-4-6-11/h3-6,8,10H,7H2,1-2H3. The minimum atomic E-state index is 0.359. The molecule has 0 radical (unpaired) electrons. The van der Waals surface area contributed by atoms with Crippen molar-refractivity contribution in [3.63, 3.8) is 0 Å². The summed E-state index contributed by atoms with van der Waals surface area (Å²) in [5, 5.41) is 7.60. The van der Waals surface area contributed by atoms with Crippen molar-refractivity contribution in [2.24, 2.45) is 5.92 Å². The van der Waals surface area contributed by atoms with E-state index in [4.69, 9.17) is 5.41 Å². The minimum Gasteiger partial charge on any atom is -0.349 e. The van der Waals surface area contributed by atoms with Crippen LogP contribution in [0, 0.1) is 11.3 Å². The Bertz CT molecular complexity index is 222. The first-order chi connectivity index (χ1) is 5.20. The van der Waals surface area contributed by atoms with Crippen molar-refractivity contribution in [3.05, 3.63) is 24.5 Å². The second kappa shape index (κ2) is 3.37. The molecule has 1 aromatic heterocycles. The number of rotatable bonds is 3. The van der Waals surface area contributed by atoms with Gasteiger partial charge in [-0.3, -0.25) is 0 Å². The Morgan fingerprint density at radius 1 is 1.36 bits per heavy atom. The van der Waals surface area contributed by atoms with Crippen LogP contribution in [0.5, 0.6) is 0 Å². The van der Waals surface area contributed by atoms with Gasteiger partial charge in [-0.15, -0.1) is 0 Å². The van der Waals surface area contributed by atoms with Crippen LogP contribution in [0.1, 0.15) is 13.8 Å². The second-order valence-electron chi connectivity index (χ2n) is 3.04. The van der Waals surface area contributed by atoms with E-state index in [-0.39, 0.29) is 0 Å². The van der Waals surface area contributed by atoms with E-state index < -0.39 is 0 Å². The maximum atomic E-state index is 7.60. The number of hydrogen-bond acceptors (Lipinski definition) is 1. The van der Waals surface area contributed by atoms with Crippen molar-refractivity contribution >= 4 is 5.71 Å². The van der Waals surface area contributed by atoms with E-state index in [0.717, 1.165) is 12.3 Å². The van der Waals surface area contributed by atoms with E-state index in [2.05, 4.69) is 0 Å². The summed E-state index contributed by atoms with van der Waals surface area (Å²) in [6.45, 7) is 4.82. The smallest absolute Gasteiger partial charge is 0.0598 e. The summed E-state index contributed by atoms with van der Waals surface area (Å²) in [5.74, 6) is 0.359. The zero-order chi connectivity index (χ0) is 8.27. The van der Waals surface area contributed by atoms with Crippen LogP contribution in [0.4, 0.5) is 0 Å². The fourth-order valence-electron chi connectivity index (χ4n) is 0.855. The lowest BCUT2D eigenvalue weighted by Crippen LogP contribution is -2.13. The Kier molecular flexibility index (Phi) is 2.47. The minimum absolute atomic E-state index is 0.359. The van der Waals surface area contributed by atoms with Crippen molar-refractivity contribution in [3.8, 4) is 0 Å². The van der Waals surface area contributed by atoms with Gasteiger partial charge < -0.3 is 9.98 Å². The molecule has 60 valence electrons. The van der Waals surface area contributed by atoms with Crippen LogP contribution in [0.15, 0.2) is 24.5 Å². The molecular weight excluding hydrogens is 136 g/mol. The molecule has 0 aromatic carbocycles. The van der Waals surface area contributed by atoms with Gasteiger partial charge in [0.1, 0.15) is 0 Å². The summed E-state index contributed by atoms with van der Waals surface area (Å²) in [7, 11) is 0. The first kappa shape index (κ1) is 8.05. The third kappa shape index (κ3) is 2.22. The van der Waals surface area contributed by atoms with Crippen molar-refractivity contribution in [1.29, 1.82) is 5.41 Å². The van der Waals surface area contributed by atoms with Crippen molar-refractivity contribution in [2.75, 3.05) is 0 Å². The molecule has 0 saturated carbocycles. The summed E-state index contributed by atoms with van der Waals surface area (Å²) >= 11 is 0. The Hall–Kier alpha value is -1.05. The molecule has 0 saturated heterocycles. The largest absolute Gasteiger partial charge is 0.349 e. The third-order valence-electron chi connectivity index (χ3n) is 1.72. The molecular formula is C9H14N2. The van der Waals surface area contributed by atoms with Gasteiger partial charge in [-0.1, -0.05) is 13.8 Å². The van der Waals surface area contributed by atoms with E-state index in [0.29, 0.717) is 5.92 Å². The fraction of sp³-hybridized carbons (Fsp3) is 0.444. The van der Waals surface area contributed by atoms with E-state index in [1.807, 2.05) is 42.9 Å². The maximum Gasteiger partial charge on any atom is 0.0598 e. The van der Waals surface area contributed by atoms with Gasteiger partial charge in [0.25, 0.3) is 0 Å². The lowest BCUT2D eigenvalue weighted by molar-refractivity contribution is 0.772. The lowest BCUT2D eigenvalue weighted by atomic mass is 10.1. The van der Waals surface area contributed by atoms with Gasteiger partial charge in [0.15, 0.2) is 0 Å². The van der Waals surface area contributed by atoms with Gasteiger partial charge in [0.2, 0.25) is 0 Å². The predicted octanol–water partition coefficient (Wildman–Crippen LogP) is 2.16. The molecule has 1 rings (SSSR count). The van der Waals surface area contributed by atoms with Gasteiger partial charge in [-0.2, -0.15) is 0 Å². The highest BCUT2D eigenvalue weighted by Gasteiger charge is 2.01. The quantitative estimate of drug-likeness (QED) is 0.640. The highest BCUT2D eigenvalue weighted by Crippen LogP contribution is 1.98. The van der Waals surface area contributed by atoms with Crippen molar-refractivity contribution in [2.45, 2.75) is 20.4 Å². The molecule has 0 fully saturated rings. The zero-order valence-corrected chi connectivity index (χ0v) is 7.04. The Morgan fingerprint density at radius 2 is 1.91 bits per heavy atom. The zero-order valence-electron chi connectivity index (χ0n) is 7.04. The molecule has 2 nitrogen and oxygen atoms in total. The Balaban J connectivity index is 2.50. The average Bonchev–Trinajstić information content (AvgIpc) is 2.39. The van der Waals surface area contributed by atoms with E-state index in [1.165, 1.54) is 0 Å². The van der Waals surface area contributed by atoms with Gasteiger partial charge in [-0.25, -0.2) is 0 Å². The summed E-state index contributed by atoms with van der Waals surface area (Å²) < 4.78 is 2.02. The third-order valence-corrected chi connectivity index (χ3v) is 1.72. The molecule has 1 aromatic rings. The molecule has 0 spiro atoms. The Labute approximate surface area is 67.4 Å². The molecule has 0 unspecified atom stereocenters. The topological polar surface area (TPSA) is 28.8 Å².